The molecule has 3 heterocycles. The third-order valence-corrected chi connectivity index (χ3v) is 5.32. The average molecular weight is 479 g/mol. The van der Waals surface area contributed by atoms with E-state index >= 15 is 0 Å². The summed E-state index contributed by atoms with van der Waals surface area (Å²) in [5.41, 5.74) is 0. The van der Waals surface area contributed by atoms with Crippen molar-refractivity contribution in [3.8, 4) is 0 Å². The molecule has 16 nitrogen and oxygen atoms in total. The van der Waals surface area contributed by atoms with Crippen LogP contribution in [0.3, 0.4) is 0 Å². The Bertz CT molecular complexity index is 916. The molecule has 2 saturated heterocycles. The normalized spacial score (nSPS) is 39.3. The highest BCUT2D eigenvalue weighted by Gasteiger charge is 2.54. The van der Waals surface area contributed by atoms with Crippen LogP contribution in [0.2, 0.25) is 0 Å². The molecule has 0 aromatic carbocycles. The summed E-state index contributed by atoms with van der Waals surface area (Å²) in [4.78, 5) is 11.2. The molecule has 3 aliphatic heterocycles. The summed E-state index contributed by atoms with van der Waals surface area (Å²) in [6.45, 7) is -0.239. The van der Waals surface area contributed by atoms with Gasteiger partial charge in [-0.25, -0.2) is 8.98 Å². The van der Waals surface area contributed by atoms with E-state index < -0.39 is 81.6 Å². The first kappa shape index (κ1) is 23.2. The second kappa shape index (κ2) is 8.24. The maximum Gasteiger partial charge on any atom is 0.397 e. The standard InChI is InChI=1S/C12H17NO15S2/c14-3-1-4(10(16)17)25-12(8(3)28-30(21,22)23)27-9-5-2-24-11(26-5)6(7(9)15)13-29(18,19)20/h1,3,5-9,11-15H,2H2,(H,16,17)(H,18,19,20)(H,21,22,23)/t3-,5+,6+,7+,8+,9?,11+,12-/m0/s1. The fourth-order valence-electron chi connectivity index (χ4n) is 3.12. The van der Waals surface area contributed by atoms with Crippen LogP contribution in [0.15, 0.2) is 11.8 Å². The average Bonchev–Trinajstić information content (AvgIpc) is 3.02. The molecule has 0 aromatic heterocycles. The fourth-order valence-corrected chi connectivity index (χ4v) is 4.20. The Labute approximate surface area is 168 Å². The monoisotopic (exact) mass is 479 g/mol. The first-order valence-electron chi connectivity index (χ1n) is 8.06. The Balaban J connectivity index is 1.86. The number of carboxylic acid groups (broad SMARTS) is 1. The number of ether oxygens (including phenoxy) is 4. The van der Waals surface area contributed by atoms with Gasteiger partial charge in [0.15, 0.2) is 12.4 Å². The van der Waals surface area contributed by atoms with Gasteiger partial charge in [-0.15, -0.1) is 0 Å². The Morgan fingerprint density at radius 2 is 1.83 bits per heavy atom. The molecule has 6 N–H and O–H groups in total. The van der Waals surface area contributed by atoms with Gasteiger partial charge in [0.25, 0.3) is 0 Å². The zero-order valence-corrected chi connectivity index (χ0v) is 16.2. The highest BCUT2D eigenvalue weighted by molar-refractivity contribution is 7.83. The maximum atomic E-state index is 11.2. The number of aliphatic hydroxyl groups is 2. The largest absolute Gasteiger partial charge is 0.475 e. The van der Waals surface area contributed by atoms with Crippen molar-refractivity contribution in [1.29, 1.82) is 0 Å². The molecule has 0 saturated carbocycles. The molecule has 1 unspecified atom stereocenters. The second-order valence-electron chi connectivity index (χ2n) is 6.39. The van der Waals surface area contributed by atoms with Crippen LogP contribution < -0.4 is 4.72 Å². The van der Waals surface area contributed by atoms with Gasteiger partial charge in [-0.05, 0) is 6.08 Å². The molecule has 2 bridgehead atoms. The molecular weight excluding hydrogens is 462 g/mol. The Morgan fingerprint density at radius 3 is 2.40 bits per heavy atom. The predicted molar refractivity (Wildman–Crippen MR) is 87.0 cm³/mol. The molecule has 30 heavy (non-hydrogen) atoms. The van der Waals surface area contributed by atoms with E-state index in [0.717, 1.165) is 0 Å². The summed E-state index contributed by atoms with van der Waals surface area (Å²) in [6, 6.07) is -1.58. The van der Waals surface area contributed by atoms with Crippen LogP contribution in [-0.4, -0.2) is 103 Å². The van der Waals surface area contributed by atoms with Crippen molar-refractivity contribution in [2.75, 3.05) is 6.61 Å². The molecule has 0 aromatic rings. The first-order chi connectivity index (χ1) is 13.7. The lowest BCUT2D eigenvalue weighted by Crippen LogP contribution is -2.62. The van der Waals surface area contributed by atoms with Gasteiger partial charge in [-0.2, -0.15) is 21.6 Å². The van der Waals surface area contributed by atoms with Crippen LogP contribution in [-0.2, 0) is 48.6 Å². The second-order valence-corrected chi connectivity index (χ2v) is 8.62. The van der Waals surface area contributed by atoms with Crippen molar-refractivity contribution >= 4 is 26.7 Å². The molecule has 3 rings (SSSR count). The number of hydrogen-bond acceptors (Lipinski definition) is 12. The highest BCUT2D eigenvalue weighted by atomic mass is 32.3. The van der Waals surface area contributed by atoms with Gasteiger partial charge in [0.1, 0.15) is 30.5 Å². The number of rotatable bonds is 7. The van der Waals surface area contributed by atoms with E-state index in [-0.39, 0.29) is 6.61 Å². The minimum absolute atomic E-state index is 0.239. The number of aliphatic hydroxyl groups excluding tert-OH is 2. The quantitative estimate of drug-likeness (QED) is 0.191. The number of aliphatic carboxylic acids is 1. The Morgan fingerprint density at radius 1 is 1.17 bits per heavy atom. The van der Waals surface area contributed by atoms with Crippen LogP contribution in [0.1, 0.15) is 0 Å². The predicted octanol–water partition coefficient (Wildman–Crippen LogP) is -3.88. The zero-order valence-electron chi connectivity index (χ0n) is 14.5. The summed E-state index contributed by atoms with van der Waals surface area (Å²) in [5, 5.41) is 29.6. The lowest BCUT2D eigenvalue weighted by Gasteiger charge is -2.41. The summed E-state index contributed by atoms with van der Waals surface area (Å²) in [5.74, 6) is -2.52. The minimum atomic E-state index is -5.17. The molecule has 0 aliphatic carbocycles. The molecule has 0 amide bonds. The van der Waals surface area contributed by atoms with Crippen LogP contribution in [0.4, 0.5) is 0 Å². The first-order valence-corrected chi connectivity index (χ1v) is 10.9. The number of hydrogen-bond donors (Lipinski definition) is 6. The summed E-state index contributed by atoms with van der Waals surface area (Å²) >= 11 is 0. The number of carbonyl (C=O) groups is 1. The summed E-state index contributed by atoms with van der Waals surface area (Å²) < 4.78 is 89.0. The fraction of sp³-hybridized carbons (Fsp3) is 0.750. The Hall–Kier alpha value is -1.45. The van der Waals surface area contributed by atoms with E-state index in [1.165, 1.54) is 0 Å². The molecule has 0 radical (unpaired) electrons. The third-order valence-electron chi connectivity index (χ3n) is 4.29. The molecular formula is C12H17NO15S2. The highest BCUT2D eigenvalue weighted by Crippen LogP contribution is 2.33. The van der Waals surface area contributed by atoms with Gasteiger partial charge in [0.2, 0.25) is 12.0 Å². The number of fused-ring (bicyclic) bond motifs is 2. The molecule has 0 spiro atoms. The van der Waals surface area contributed by atoms with E-state index in [2.05, 4.69) is 4.18 Å². The van der Waals surface area contributed by atoms with Crippen molar-refractivity contribution < 1.29 is 69.2 Å². The van der Waals surface area contributed by atoms with Gasteiger partial charge in [-0.3, -0.25) is 9.11 Å². The molecule has 18 heteroatoms. The number of nitrogens with one attached hydrogen (secondary N) is 1. The van der Waals surface area contributed by atoms with Gasteiger partial charge < -0.3 is 34.3 Å². The van der Waals surface area contributed by atoms with Gasteiger partial charge >= 0.3 is 26.7 Å². The zero-order chi connectivity index (χ0) is 22.4. The molecule has 3 aliphatic rings. The lowest BCUT2D eigenvalue weighted by molar-refractivity contribution is -0.270. The van der Waals surface area contributed by atoms with E-state index in [9.17, 15) is 31.8 Å². The van der Waals surface area contributed by atoms with Gasteiger partial charge in [0, 0.05) is 0 Å². The summed E-state index contributed by atoms with van der Waals surface area (Å²) in [6.07, 6.45) is -11.1. The van der Waals surface area contributed by atoms with Crippen molar-refractivity contribution in [2.24, 2.45) is 0 Å². The van der Waals surface area contributed by atoms with E-state index in [1.807, 2.05) is 0 Å². The van der Waals surface area contributed by atoms with Crippen molar-refractivity contribution in [3.05, 3.63) is 11.8 Å². The molecule has 8 atom stereocenters. The van der Waals surface area contributed by atoms with Crippen LogP contribution in [0, 0.1) is 0 Å². The van der Waals surface area contributed by atoms with Crippen LogP contribution >= 0.6 is 0 Å². The maximum absolute atomic E-state index is 11.2. The SMILES string of the molecule is O=C(O)C1=C[C@H](O)[C@@H](OS(=O)(=O)O)[C@H](OC2[C@H]3CO[C@H](O3)[C@H](NS(=O)(=O)O)[C@H]2O)O1. The number of carboxylic acids is 1. The minimum Gasteiger partial charge on any atom is -0.475 e. The smallest absolute Gasteiger partial charge is 0.397 e. The van der Waals surface area contributed by atoms with Gasteiger partial charge in [0.05, 0.1) is 6.61 Å². The topological polar surface area (TPSA) is 245 Å². The van der Waals surface area contributed by atoms with Gasteiger partial charge in [-0.1, -0.05) is 0 Å². The van der Waals surface area contributed by atoms with E-state index in [1.54, 1.807) is 4.72 Å². The van der Waals surface area contributed by atoms with Crippen molar-refractivity contribution in [1.82, 2.24) is 4.72 Å². The lowest BCUT2D eigenvalue weighted by atomic mass is 9.99. The third kappa shape index (κ3) is 5.23. The molecule has 2 fully saturated rings. The molecule has 172 valence electrons. The van der Waals surface area contributed by atoms with E-state index in [4.69, 9.17) is 33.2 Å². The Kier molecular flexibility index (Phi) is 6.38. The van der Waals surface area contributed by atoms with Crippen molar-refractivity contribution in [3.63, 3.8) is 0 Å². The van der Waals surface area contributed by atoms with E-state index in [0.29, 0.717) is 6.08 Å². The van der Waals surface area contributed by atoms with Crippen molar-refractivity contribution in [2.45, 2.75) is 49.1 Å². The van der Waals surface area contributed by atoms with Crippen LogP contribution in [0.5, 0.6) is 0 Å². The van der Waals surface area contributed by atoms with Crippen LogP contribution in [0.25, 0.3) is 0 Å². The summed E-state index contributed by atoms with van der Waals surface area (Å²) in [7, 11) is -9.99.